The minimum atomic E-state index is 0.0222. The summed E-state index contributed by atoms with van der Waals surface area (Å²) in [5, 5.41) is 3.35. The lowest BCUT2D eigenvalue weighted by molar-refractivity contribution is -0.122. The highest BCUT2D eigenvalue weighted by atomic mass is 16.1. The van der Waals surface area contributed by atoms with Crippen molar-refractivity contribution in [2.45, 2.75) is 121 Å². The largest absolute Gasteiger partial charge is 0.330 e. The first-order chi connectivity index (χ1) is 13.2. The van der Waals surface area contributed by atoms with Crippen molar-refractivity contribution in [3.63, 3.8) is 0 Å². The fraction of sp³-hybridized carbons (Fsp3) is 0.962. The number of Topliss-reactive ketones (excluding diaryl/α,β-unsaturated/α-hetero) is 1. The van der Waals surface area contributed by atoms with Gasteiger partial charge in [-0.05, 0) is 54.4 Å². The molecule has 0 aromatic carbocycles. The Labute approximate surface area is 184 Å². The fourth-order valence-electron chi connectivity index (χ4n) is 5.78. The van der Waals surface area contributed by atoms with Crippen LogP contribution in [0.15, 0.2) is 0 Å². The molecule has 3 N–H and O–H groups in total. The Morgan fingerprint density at radius 3 is 1.41 bits per heavy atom. The Hall–Kier alpha value is -0.410. The van der Waals surface area contributed by atoms with E-state index in [9.17, 15) is 4.79 Å². The zero-order valence-corrected chi connectivity index (χ0v) is 22.1. The lowest BCUT2D eigenvalue weighted by Crippen LogP contribution is -2.42. The third kappa shape index (κ3) is 11.0. The Bertz CT molecular complexity index is 373. The van der Waals surface area contributed by atoms with Gasteiger partial charge in [-0.15, -0.1) is 0 Å². The second kappa shape index (κ2) is 15.4. The van der Waals surface area contributed by atoms with E-state index in [4.69, 9.17) is 5.73 Å². The molecule has 0 rings (SSSR count). The van der Waals surface area contributed by atoms with Crippen molar-refractivity contribution in [2.24, 2.45) is 40.7 Å². The van der Waals surface area contributed by atoms with E-state index in [-0.39, 0.29) is 6.04 Å². The summed E-state index contributed by atoms with van der Waals surface area (Å²) in [6.07, 6.45) is 3.63. The van der Waals surface area contributed by atoms with Crippen molar-refractivity contribution >= 4 is 5.78 Å². The molecule has 0 bridgehead atoms. The van der Waals surface area contributed by atoms with Gasteiger partial charge in [0.1, 0.15) is 5.78 Å². The molecule has 29 heavy (non-hydrogen) atoms. The standard InChI is InChI=1S/C13H28N2O.C13H28/c1-10(2)9-13(16)12(15-11(3)4)7-5-6-8-14;1-9(2)13(10(3)4,11(5)6)12(7)8/h10-12,15H,5-9,14H2,1-4H3;9-12H,1-8H3/t12-;/m0./s1. The predicted molar refractivity (Wildman–Crippen MR) is 131 cm³/mol. The number of ketones is 1. The zero-order chi connectivity index (χ0) is 23.4. The lowest BCUT2D eigenvalue weighted by Gasteiger charge is -2.49. The van der Waals surface area contributed by atoms with Crippen LogP contribution in [0.2, 0.25) is 0 Å². The molecule has 0 spiro atoms. The van der Waals surface area contributed by atoms with Gasteiger partial charge in [0.05, 0.1) is 6.04 Å². The molecular formula is C26H56N2O. The van der Waals surface area contributed by atoms with Gasteiger partial charge in [-0.3, -0.25) is 4.79 Å². The smallest absolute Gasteiger partial charge is 0.150 e. The van der Waals surface area contributed by atoms with E-state index in [1.165, 1.54) is 0 Å². The van der Waals surface area contributed by atoms with Gasteiger partial charge in [0.25, 0.3) is 0 Å². The summed E-state index contributed by atoms with van der Waals surface area (Å²) in [5.41, 5.74) is 5.97. The summed E-state index contributed by atoms with van der Waals surface area (Å²) in [5.74, 6) is 3.87. The van der Waals surface area contributed by atoms with Gasteiger partial charge in [0.15, 0.2) is 0 Å². The van der Waals surface area contributed by atoms with Gasteiger partial charge in [-0.2, -0.15) is 0 Å². The first kappa shape index (κ1) is 30.8. The van der Waals surface area contributed by atoms with Crippen molar-refractivity contribution in [2.75, 3.05) is 6.54 Å². The van der Waals surface area contributed by atoms with Crippen LogP contribution in [-0.2, 0) is 4.79 Å². The van der Waals surface area contributed by atoms with Crippen LogP contribution in [0.5, 0.6) is 0 Å². The van der Waals surface area contributed by atoms with Gasteiger partial charge < -0.3 is 11.1 Å². The highest BCUT2D eigenvalue weighted by Gasteiger charge is 2.42. The van der Waals surface area contributed by atoms with Crippen LogP contribution in [0.1, 0.15) is 109 Å². The molecule has 0 aliphatic heterocycles. The number of unbranched alkanes of at least 4 members (excludes halogenated alkanes) is 1. The summed E-state index contributed by atoms with van der Waals surface area (Å²) in [7, 11) is 0. The molecule has 0 aromatic rings. The maximum Gasteiger partial charge on any atom is 0.150 e. The normalized spacial score (nSPS) is 13.6. The molecule has 0 fully saturated rings. The van der Waals surface area contributed by atoms with Crippen LogP contribution in [0.4, 0.5) is 0 Å². The van der Waals surface area contributed by atoms with Crippen molar-refractivity contribution < 1.29 is 4.79 Å². The van der Waals surface area contributed by atoms with Crippen LogP contribution in [0.3, 0.4) is 0 Å². The molecule has 0 unspecified atom stereocenters. The molecule has 0 aliphatic carbocycles. The van der Waals surface area contributed by atoms with Gasteiger partial charge >= 0.3 is 0 Å². The third-order valence-electron chi connectivity index (χ3n) is 6.48. The Morgan fingerprint density at radius 1 is 0.759 bits per heavy atom. The summed E-state index contributed by atoms with van der Waals surface area (Å²) in [6, 6.07) is 0.382. The molecule has 0 saturated carbocycles. The Balaban J connectivity index is 0. The summed E-state index contributed by atoms with van der Waals surface area (Å²) >= 11 is 0. The van der Waals surface area contributed by atoms with E-state index in [0.717, 1.165) is 42.9 Å². The number of carbonyl (C=O) groups excluding carboxylic acids is 1. The molecule has 0 amide bonds. The van der Waals surface area contributed by atoms with Crippen LogP contribution in [-0.4, -0.2) is 24.4 Å². The van der Waals surface area contributed by atoms with Crippen molar-refractivity contribution in [1.82, 2.24) is 5.32 Å². The average Bonchev–Trinajstić information content (AvgIpc) is 2.52. The molecule has 3 nitrogen and oxygen atoms in total. The fourth-order valence-corrected chi connectivity index (χ4v) is 5.78. The van der Waals surface area contributed by atoms with Crippen LogP contribution in [0.25, 0.3) is 0 Å². The Kier molecular flexibility index (Phi) is 16.3. The van der Waals surface area contributed by atoms with E-state index >= 15 is 0 Å². The molecule has 0 heterocycles. The SMILES string of the molecule is CC(C)C(C(C)C)(C(C)C)C(C)C.CC(C)CC(=O)[C@H](CCCCN)NC(C)C. The van der Waals surface area contributed by atoms with E-state index in [1.807, 2.05) is 0 Å². The monoisotopic (exact) mass is 412 g/mol. The van der Waals surface area contributed by atoms with Crippen LogP contribution >= 0.6 is 0 Å². The molecule has 0 radical (unpaired) electrons. The number of nitrogens with one attached hydrogen (secondary N) is 1. The average molecular weight is 413 g/mol. The minimum absolute atomic E-state index is 0.0222. The minimum Gasteiger partial charge on any atom is -0.330 e. The molecular weight excluding hydrogens is 356 g/mol. The summed E-state index contributed by atoms with van der Waals surface area (Å²) in [4.78, 5) is 12.0. The van der Waals surface area contributed by atoms with Crippen LogP contribution < -0.4 is 11.1 Å². The van der Waals surface area contributed by atoms with E-state index < -0.39 is 0 Å². The Morgan fingerprint density at radius 2 is 1.17 bits per heavy atom. The van der Waals surface area contributed by atoms with Gasteiger partial charge in [-0.25, -0.2) is 0 Å². The summed E-state index contributed by atoms with van der Waals surface area (Å²) in [6.45, 7) is 28.1. The second-order valence-corrected chi connectivity index (χ2v) is 10.8. The van der Waals surface area contributed by atoms with E-state index in [1.54, 1.807) is 0 Å². The first-order valence-corrected chi connectivity index (χ1v) is 12.2. The molecule has 1 atom stereocenters. The number of hydrogen-bond acceptors (Lipinski definition) is 3. The maximum atomic E-state index is 12.0. The lowest BCUT2D eigenvalue weighted by atomic mass is 9.56. The van der Waals surface area contributed by atoms with Gasteiger partial charge in [0.2, 0.25) is 0 Å². The zero-order valence-electron chi connectivity index (χ0n) is 22.1. The summed E-state index contributed by atoms with van der Waals surface area (Å²) < 4.78 is 0. The van der Waals surface area contributed by atoms with Gasteiger partial charge in [-0.1, -0.05) is 89.5 Å². The maximum absolute atomic E-state index is 12.0. The highest BCUT2D eigenvalue weighted by molar-refractivity contribution is 5.84. The van der Waals surface area contributed by atoms with Crippen molar-refractivity contribution in [3.8, 4) is 0 Å². The number of carbonyl (C=O) groups is 1. The van der Waals surface area contributed by atoms with Crippen molar-refractivity contribution in [3.05, 3.63) is 0 Å². The quantitative estimate of drug-likeness (QED) is 0.331. The molecule has 0 aromatic heterocycles. The first-order valence-electron chi connectivity index (χ1n) is 12.2. The number of nitrogens with two attached hydrogens (primary N) is 1. The number of hydrogen-bond donors (Lipinski definition) is 2. The molecule has 0 aliphatic rings. The van der Waals surface area contributed by atoms with E-state index in [2.05, 4.69) is 88.4 Å². The highest BCUT2D eigenvalue weighted by Crippen LogP contribution is 2.48. The van der Waals surface area contributed by atoms with Crippen LogP contribution in [0, 0.1) is 35.0 Å². The molecule has 3 heteroatoms. The third-order valence-corrected chi connectivity index (χ3v) is 6.48. The number of rotatable bonds is 13. The van der Waals surface area contributed by atoms with E-state index in [0.29, 0.717) is 36.1 Å². The predicted octanol–water partition coefficient (Wildman–Crippen LogP) is 6.69. The van der Waals surface area contributed by atoms with Crippen molar-refractivity contribution in [1.29, 1.82) is 0 Å². The molecule has 176 valence electrons. The second-order valence-electron chi connectivity index (χ2n) is 10.8. The van der Waals surface area contributed by atoms with Gasteiger partial charge in [0, 0.05) is 12.5 Å². The molecule has 0 saturated heterocycles. The topological polar surface area (TPSA) is 55.1 Å².